The molecule has 1 rings (SSSR count). The van der Waals surface area contributed by atoms with E-state index in [0.717, 1.165) is 0 Å². The highest BCUT2D eigenvalue weighted by Crippen LogP contribution is 2.34. The predicted octanol–water partition coefficient (Wildman–Crippen LogP) is 2.76. The van der Waals surface area contributed by atoms with Crippen molar-refractivity contribution in [1.82, 2.24) is 4.90 Å². The normalized spacial score (nSPS) is 24.2. The first-order valence-corrected chi connectivity index (χ1v) is 4.88. The topological polar surface area (TPSA) is 3.24 Å². The van der Waals surface area contributed by atoms with Gasteiger partial charge in [0.05, 0.1) is 6.54 Å². The second kappa shape index (κ2) is 3.19. The Labute approximate surface area is 79.1 Å². The molecule has 0 saturated carbocycles. The van der Waals surface area contributed by atoms with Crippen LogP contribution in [0.2, 0.25) is 0 Å². The van der Waals surface area contributed by atoms with Gasteiger partial charge in [-0.3, -0.25) is 4.90 Å². The number of likely N-dealkylation sites (tertiary alicyclic amines) is 1. The lowest BCUT2D eigenvalue weighted by atomic mass is 9.89. The SMILES string of the molecule is CC(C)C(C)(C)N1CCC(F)(F)C1. The average molecular weight is 191 g/mol. The summed E-state index contributed by atoms with van der Waals surface area (Å²) in [6, 6.07) is 0. The second-order valence-electron chi connectivity index (χ2n) is 4.84. The lowest BCUT2D eigenvalue weighted by molar-refractivity contribution is -0.00684. The molecule has 1 saturated heterocycles. The molecule has 0 aliphatic carbocycles. The first-order valence-electron chi connectivity index (χ1n) is 4.88. The molecular formula is C10H19F2N. The van der Waals surface area contributed by atoms with Gasteiger partial charge in [0.25, 0.3) is 5.92 Å². The van der Waals surface area contributed by atoms with E-state index in [2.05, 4.69) is 13.8 Å². The molecule has 1 fully saturated rings. The molecule has 0 spiro atoms. The molecule has 0 aromatic rings. The van der Waals surface area contributed by atoms with E-state index >= 15 is 0 Å². The number of hydrogen-bond acceptors (Lipinski definition) is 1. The Balaban J connectivity index is 2.65. The third-order valence-corrected chi connectivity index (χ3v) is 3.40. The molecule has 0 atom stereocenters. The van der Waals surface area contributed by atoms with Gasteiger partial charge in [-0.2, -0.15) is 0 Å². The van der Waals surface area contributed by atoms with Crippen molar-refractivity contribution in [2.75, 3.05) is 13.1 Å². The molecule has 1 aliphatic heterocycles. The Hall–Kier alpha value is -0.180. The summed E-state index contributed by atoms with van der Waals surface area (Å²) in [5.41, 5.74) is -0.111. The molecule has 0 unspecified atom stereocenters. The average Bonchev–Trinajstić information content (AvgIpc) is 2.30. The predicted molar refractivity (Wildman–Crippen MR) is 50.1 cm³/mol. The van der Waals surface area contributed by atoms with Gasteiger partial charge in [-0.05, 0) is 19.8 Å². The summed E-state index contributed by atoms with van der Waals surface area (Å²) in [6.07, 6.45) is 0.0170. The molecule has 78 valence electrons. The van der Waals surface area contributed by atoms with E-state index in [4.69, 9.17) is 0 Å². The van der Waals surface area contributed by atoms with Gasteiger partial charge in [0.2, 0.25) is 0 Å². The molecule has 3 heteroatoms. The van der Waals surface area contributed by atoms with Crippen molar-refractivity contribution in [3.05, 3.63) is 0 Å². The monoisotopic (exact) mass is 191 g/mol. The van der Waals surface area contributed by atoms with Crippen molar-refractivity contribution in [2.45, 2.75) is 45.6 Å². The van der Waals surface area contributed by atoms with Gasteiger partial charge in [0.1, 0.15) is 0 Å². The molecule has 0 N–H and O–H groups in total. The third kappa shape index (κ3) is 2.19. The molecule has 0 radical (unpaired) electrons. The summed E-state index contributed by atoms with van der Waals surface area (Å²) in [6.45, 7) is 8.70. The number of rotatable bonds is 2. The van der Waals surface area contributed by atoms with Crippen LogP contribution in [0, 0.1) is 5.92 Å². The summed E-state index contributed by atoms with van der Waals surface area (Å²) >= 11 is 0. The summed E-state index contributed by atoms with van der Waals surface area (Å²) in [5.74, 6) is -2.06. The quantitative estimate of drug-likeness (QED) is 0.648. The minimum absolute atomic E-state index is 0.0170. The molecule has 0 amide bonds. The zero-order valence-electron chi connectivity index (χ0n) is 8.90. The molecule has 0 aromatic heterocycles. The maximum Gasteiger partial charge on any atom is 0.261 e. The van der Waals surface area contributed by atoms with Crippen LogP contribution in [0.15, 0.2) is 0 Å². The zero-order valence-corrected chi connectivity index (χ0v) is 8.90. The Morgan fingerprint density at radius 1 is 1.31 bits per heavy atom. The maximum atomic E-state index is 12.9. The van der Waals surface area contributed by atoms with Crippen LogP contribution in [0.3, 0.4) is 0 Å². The fourth-order valence-corrected chi connectivity index (χ4v) is 1.59. The molecule has 0 bridgehead atoms. The van der Waals surface area contributed by atoms with Crippen molar-refractivity contribution in [1.29, 1.82) is 0 Å². The minimum atomic E-state index is -2.47. The number of hydrogen-bond donors (Lipinski definition) is 0. The molecule has 13 heavy (non-hydrogen) atoms. The number of halogens is 2. The van der Waals surface area contributed by atoms with Crippen molar-refractivity contribution in [2.24, 2.45) is 5.92 Å². The van der Waals surface area contributed by atoms with Gasteiger partial charge in [-0.25, -0.2) is 8.78 Å². The number of nitrogens with zero attached hydrogens (tertiary/aromatic N) is 1. The fraction of sp³-hybridized carbons (Fsp3) is 1.00. The van der Waals surface area contributed by atoms with E-state index in [1.807, 2.05) is 18.7 Å². The Morgan fingerprint density at radius 3 is 2.15 bits per heavy atom. The van der Waals surface area contributed by atoms with Gasteiger partial charge in [-0.15, -0.1) is 0 Å². The molecule has 1 heterocycles. The molecule has 0 aromatic carbocycles. The molecule has 1 aliphatic rings. The maximum absolute atomic E-state index is 12.9. The van der Waals surface area contributed by atoms with E-state index in [0.29, 0.717) is 12.5 Å². The lowest BCUT2D eigenvalue weighted by Crippen LogP contribution is -2.47. The van der Waals surface area contributed by atoms with Gasteiger partial charge >= 0.3 is 0 Å². The highest BCUT2D eigenvalue weighted by molar-refractivity contribution is 4.92. The van der Waals surface area contributed by atoms with Gasteiger partial charge in [0.15, 0.2) is 0 Å². The highest BCUT2D eigenvalue weighted by Gasteiger charge is 2.44. The standard InChI is InChI=1S/C10H19F2N/c1-8(2)9(3,4)13-6-5-10(11,12)7-13/h8H,5-7H2,1-4H3. The van der Waals surface area contributed by atoms with Crippen LogP contribution >= 0.6 is 0 Å². The smallest absolute Gasteiger partial charge is 0.261 e. The summed E-state index contributed by atoms with van der Waals surface area (Å²) in [4.78, 5) is 1.90. The van der Waals surface area contributed by atoms with Gasteiger partial charge < -0.3 is 0 Å². The van der Waals surface area contributed by atoms with Crippen LogP contribution in [-0.4, -0.2) is 29.5 Å². The van der Waals surface area contributed by atoms with Crippen LogP contribution in [0.5, 0.6) is 0 Å². The van der Waals surface area contributed by atoms with Crippen LogP contribution in [0.1, 0.15) is 34.1 Å². The van der Waals surface area contributed by atoms with Crippen LogP contribution in [0.4, 0.5) is 8.78 Å². The van der Waals surface area contributed by atoms with E-state index < -0.39 is 5.92 Å². The van der Waals surface area contributed by atoms with E-state index in [1.54, 1.807) is 0 Å². The summed E-state index contributed by atoms with van der Waals surface area (Å²) in [7, 11) is 0. The summed E-state index contributed by atoms with van der Waals surface area (Å²) in [5, 5.41) is 0. The lowest BCUT2D eigenvalue weighted by Gasteiger charge is -2.39. The van der Waals surface area contributed by atoms with Crippen molar-refractivity contribution in [3.63, 3.8) is 0 Å². The van der Waals surface area contributed by atoms with Crippen molar-refractivity contribution in [3.8, 4) is 0 Å². The van der Waals surface area contributed by atoms with Crippen LogP contribution < -0.4 is 0 Å². The zero-order chi connectivity index (χ0) is 10.3. The van der Waals surface area contributed by atoms with E-state index in [9.17, 15) is 8.78 Å². The Morgan fingerprint density at radius 2 is 1.85 bits per heavy atom. The first-order chi connectivity index (χ1) is 5.76. The molecule has 1 nitrogen and oxygen atoms in total. The second-order valence-corrected chi connectivity index (χ2v) is 4.84. The third-order valence-electron chi connectivity index (χ3n) is 3.40. The largest absolute Gasteiger partial charge is 0.292 e. The Kier molecular flexibility index (Phi) is 2.68. The van der Waals surface area contributed by atoms with Gasteiger partial charge in [0, 0.05) is 18.5 Å². The van der Waals surface area contributed by atoms with Crippen molar-refractivity contribution >= 4 is 0 Å². The van der Waals surface area contributed by atoms with Crippen LogP contribution in [0.25, 0.3) is 0 Å². The van der Waals surface area contributed by atoms with Gasteiger partial charge in [-0.1, -0.05) is 13.8 Å². The number of alkyl halides is 2. The van der Waals surface area contributed by atoms with Crippen LogP contribution in [-0.2, 0) is 0 Å². The molecular weight excluding hydrogens is 172 g/mol. The Bertz CT molecular complexity index is 187. The fourth-order valence-electron chi connectivity index (χ4n) is 1.59. The highest BCUT2D eigenvalue weighted by atomic mass is 19.3. The summed E-state index contributed by atoms with van der Waals surface area (Å²) < 4.78 is 25.9. The minimum Gasteiger partial charge on any atom is -0.292 e. The first kappa shape index (κ1) is 10.9. The van der Waals surface area contributed by atoms with Crippen molar-refractivity contribution < 1.29 is 8.78 Å². The van der Waals surface area contributed by atoms with E-state index in [1.165, 1.54) is 0 Å². The van der Waals surface area contributed by atoms with E-state index in [-0.39, 0.29) is 18.5 Å².